The van der Waals surface area contributed by atoms with Crippen molar-refractivity contribution in [3.8, 4) is 0 Å². The van der Waals surface area contributed by atoms with Crippen LogP contribution in [-0.2, 0) is 14.3 Å². The molecule has 5 heteroatoms. The minimum absolute atomic E-state index is 0.0765. The van der Waals surface area contributed by atoms with Gasteiger partial charge in [-0.2, -0.15) is 0 Å². The predicted octanol–water partition coefficient (Wildman–Crippen LogP) is 0.377. The number of hydrogen-bond acceptors (Lipinski definition) is 4. The monoisotopic (exact) mass is 255 g/mol. The normalized spacial score (nSPS) is 21.5. The number of carbonyl (C=O) groups is 2. The second-order valence-electron chi connectivity index (χ2n) is 4.51. The van der Waals surface area contributed by atoms with Crippen LogP contribution in [0.15, 0.2) is 12.2 Å². The van der Waals surface area contributed by atoms with Gasteiger partial charge in [-0.3, -0.25) is 9.59 Å². The number of Topliss-reactive ketones (excluding diaryl/α,β-unsaturated/α-hetero) is 1. The van der Waals surface area contributed by atoms with E-state index in [0.717, 1.165) is 12.8 Å². The van der Waals surface area contributed by atoms with Crippen LogP contribution < -0.4 is 0 Å². The van der Waals surface area contributed by atoms with Crippen LogP contribution in [0.3, 0.4) is 0 Å². The number of hydrogen-bond donors (Lipinski definition) is 1. The average Bonchev–Trinajstić information content (AvgIpc) is 2.85. The Hall–Kier alpha value is -1.20. The fourth-order valence-electron chi connectivity index (χ4n) is 2.07. The Morgan fingerprint density at radius 1 is 1.56 bits per heavy atom. The number of methoxy groups -OCH3 is 1. The number of ketones is 1. The Labute approximate surface area is 107 Å². The molecule has 2 unspecified atom stereocenters. The van der Waals surface area contributed by atoms with Crippen LogP contribution in [0.5, 0.6) is 0 Å². The summed E-state index contributed by atoms with van der Waals surface area (Å²) in [7, 11) is 1.57. The maximum atomic E-state index is 12.0. The molecule has 1 amide bonds. The molecule has 102 valence electrons. The summed E-state index contributed by atoms with van der Waals surface area (Å²) < 4.78 is 4.84. The summed E-state index contributed by atoms with van der Waals surface area (Å²) in [5, 5.41) is 9.14. The van der Waals surface area contributed by atoms with E-state index < -0.39 is 17.6 Å². The van der Waals surface area contributed by atoms with Gasteiger partial charge in [-0.25, -0.2) is 0 Å². The van der Waals surface area contributed by atoms with Crippen molar-refractivity contribution in [1.29, 1.82) is 0 Å². The second kappa shape index (κ2) is 7.28. The molecule has 0 radical (unpaired) electrons. The summed E-state index contributed by atoms with van der Waals surface area (Å²) in [5.74, 6) is -1.36. The van der Waals surface area contributed by atoms with Crippen LogP contribution in [0.4, 0.5) is 0 Å². The Bertz CT molecular complexity index is 327. The van der Waals surface area contributed by atoms with E-state index in [-0.39, 0.29) is 12.6 Å². The Morgan fingerprint density at radius 3 is 2.89 bits per heavy atom. The van der Waals surface area contributed by atoms with Crippen molar-refractivity contribution in [2.24, 2.45) is 5.92 Å². The van der Waals surface area contributed by atoms with Crippen molar-refractivity contribution in [1.82, 2.24) is 4.90 Å². The van der Waals surface area contributed by atoms with E-state index in [1.807, 2.05) is 0 Å². The molecule has 1 aliphatic heterocycles. The average molecular weight is 255 g/mol. The molecule has 1 saturated heterocycles. The molecule has 1 fully saturated rings. The van der Waals surface area contributed by atoms with Gasteiger partial charge in [0.15, 0.2) is 0 Å². The van der Waals surface area contributed by atoms with Crippen LogP contribution >= 0.6 is 0 Å². The molecule has 0 aliphatic carbocycles. The molecule has 1 heterocycles. The molecule has 18 heavy (non-hydrogen) atoms. The Balaban J connectivity index is 2.57. The van der Waals surface area contributed by atoms with E-state index in [1.165, 1.54) is 4.90 Å². The molecule has 0 spiro atoms. The summed E-state index contributed by atoms with van der Waals surface area (Å²) >= 11 is 0. The van der Waals surface area contributed by atoms with Gasteiger partial charge in [0.05, 0.1) is 19.3 Å². The largest absolute Gasteiger partial charge is 0.394 e. The fourth-order valence-corrected chi connectivity index (χ4v) is 2.07. The maximum absolute atomic E-state index is 12.0. The van der Waals surface area contributed by atoms with Crippen molar-refractivity contribution in [2.45, 2.75) is 25.8 Å². The van der Waals surface area contributed by atoms with Crippen molar-refractivity contribution in [2.75, 3.05) is 26.9 Å². The van der Waals surface area contributed by atoms with Gasteiger partial charge in [-0.1, -0.05) is 19.1 Å². The zero-order chi connectivity index (χ0) is 13.5. The highest BCUT2D eigenvalue weighted by atomic mass is 16.5. The van der Waals surface area contributed by atoms with E-state index in [9.17, 15) is 9.59 Å². The summed E-state index contributed by atoms with van der Waals surface area (Å²) in [6, 6.07) is -0.198. The number of rotatable bonds is 6. The number of carbonyl (C=O) groups excluding carboxylic acids is 2. The predicted molar refractivity (Wildman–Crippen MR) is 67.0 cm³/mol. The summed E-state index contributed by atoms with van der Waals surface area (Å²) in [6.07, 6.45) is 5.01. The highest BCUT2D eigenvalue weighted by molar-refractivity contribution is 6.37. The lowest BCUT2D eigenvalue weighted by atomic mass is 10.0. The van der Waals surface area contributed by atoms with E-state index >= 15 is 0 Å². The van der Waals surface area contributed by atoms with Crippen LogP contribution in [0.25, 0.3) is 0 Å². The van der Waals surface area contributed by atoms with Gasteiger partial charge in [0.25, 0.3) is 5.91 Å². The number of aliphatic hydroxyl groups is 1. The van der Waals surface area contributed by atoms with Gasteiger partial charge >= 0.3 is 0 Å². The number of allylic oxidation sites excluding steroid dienone is 1. The van der Waals surface area contributed by atoms with E-state index in [4.69, 9.17) is 9.84 Å². The van der Waals surface area contributed by atoms with Crippen LogP contribution in [0.2, 0.25) is 0 Å². The number of likely N-dealkylation sites (tertiary alicyclic amines) is 1. The fraction of sp³-hybridized carbons (Fsp3) is 0.692. The number of amides is 1. The topological polar surface area (TPSA) is 66.8 Å². The van der Waals surface area contributed by atoms with Gasteiger partial charge in [0.2, 0.25) is 5.78 Å². The minimum Gasteiger partial charge on any atom is -0.394 e. The van der Waals surface area contributed by atoms with Crippen molar-refractivity contribution in [3.05, 3.63) is 12.2 Å². The lowest BCUT2D eigenvalue weighted by Crippen LogP contribution is -2.43. The third-order valence-corrected chi connectivity index (χ3v) is 3.16. The highest BCUT2D eigenvalue weighted by Crippen LogP contribution is 2.18. The van der Waals surface area contributed by atoms with Gasteiger partial charge in [0, 0.05) is 19.6 Å². The molecule has 0 aromatic heterocycles. The number of aliphatic hydroxyl groups excluding tert-OH is 1. The smallest absolute Gasteiger partial charge is 0.290 e. The third-order valence-electron chi connectivity index (χ3n) is 3.16. The summed E-state index contributed by atoms with van der Waals surface area (Å²) in [5.41, 5.74) is 0. The zero-order valence-corrected chi connectivity index (χ0v) is 11.0. The van der Waals surface area contributed by atoms with E-state index in [0.29, 0.717) is 13.2 Å². The van der Waals surface area contributed by atoms with E-state index in [1.54, 1.807) is 26.2 Å². The molecule has 1 N–H and O–H groups in total. The number of ether oxygens (including phenoxy) is 1. The summed E-state index contributed by atoms with van der Waals surface area (Å²) in [6.45, 7) is 2.60. The first kappa shape index (κ1) is 14.9. The minimum atomic E-state index is -0.485. The molecule has 1 rings (SSSR count). The molecule has 0 aromatic carbocycles. The van der Waals surface area contributed by atoms with Gasteiger partial charge in [-0.15, -0.1) is 0 Å². The first-order chi connectivity index (χ1) is 8.61. The Kier molecular flexibility index (Phi) is 6.01. The lowest BCUT2D eigenvalue weighted by Gasteiger charge is -2.22. The molecular weight excluding hydrogens is 234 g/mol. The van der Waals surface area contributed by atoms with Crippen molar-refractivity contribution >= 4 is 11.7 Å². The SMILES string of the molecule is COC/C=C/C(C)C(=O)C(=O)N1CCCC1CO. The van der Waals surface area contributed by atoms with Gasteiger partial charge in [0.1, 0.15) is 0 Å². The highest BCUT2D eigenvalue weighted by Gasteiger charge is 2.33. The molecule has 5 nitrogen and oxygen atoms in total. The molecule has 1 aliphatic rings. The molecule has 0 bridgehead atoms. The molecular formula is C13H21NO4. The van der Waals surface area contributed by atoms with Crippen LogP contribution in [-0.4, -0.2) is 54.6 Å². The molecule has 0 aromatic rings. The first-order valence-electron chi connectivity index (χ1n) is 6.23. The lowest BCUT2D eigenvalue weighted by molar-refractivity contribution is -0.146. The van der Waals surface area contributed by atoms with Gasteiger partial charge in [-0.05, 0) is 12.8 Å². The maximum Gasteiger partial charge on any atom is 0.290 e. The zero-order valence-electron chi connectivity index (χ0n) is 11.0. The van der Waals surface area contributed by atoms with Crippen molar-refractivity contribution < 1.29 is 19.4 Å². The van der Waals surface area contributed by atoms with Gasteiger partial charge < -0.3 is 14.7 Å². The second-order valence-corrected chi connectivity index (χ2v) is 4.51. The standard InChI is InChI=1S/C13H21NO4/c1-10(5-4-8-18-2)12(16)13(17)14-7-3-6-11(14)9-15/h4-5,10-11,15H,3,6-9H2,1-2H3/b5-4+. The summed E-state index contributed by atoms with van der Waals surface area (Å²) in [4.78, 5) is 25.4. The van der Waals surface area contributed by atoms with Crippen molar-refractivity contribution in [3.63, 3.8) is 0 Å². The van der Waals surface area contributed by atoms with Crippen LogP contribution in [0, 0.1) is 5.92 Å². The third kappa shape index (κ3) is 3.65. The Morgan fingerprint density at radius 2 is 2.28 bits per heavy atom. The van der Waals surface area contributed by atoms with E-state index in [2.05, 4.69) is 0 Å². The van der Waals surface area contributed by atoms with Crippen LogP contribution in [0.1, 0.15) is 19.8 Å². The first-order valence-corrected chi connectivity index (χ1v) is 6.23. The molecule has 0 saturated carbocycles. The molecule has 2 atom stereocenters. The quantitative estimate of drug-likeness (QED) is 0.550. The number of nitrogens with zero attached hydrogens (tertiary/aromatic N) is 1.